The van der Waals surface area contributed by atoms with E-state index in [1.807, 2.05) is 13.8 Å². The molecule has 2 N–H and O–H groups in total. The number of nitrogens with one attached hydrogen (secondary N) is 1. The number of carbonyl (C=O) groups excluding carboxylic acids is 1. The molecule has 0 aromatic carbocycles. The lowest BCUT2D eigenvalue weighted by Crippen LogP contribution is -2.45. The molecule has 0 radical (unpaired) electrons. The normalized spacial score (nSPS) is 14.6. The summed E-state index contributed by atoms with van der Waals surface area (Å²) in [4.78, 5) is 23.3. The summed E-state index contributed by atoms with van der Waals surface area (Å²) in [5, 5.41) is 12.0. The smallest absolute Gasteiger partial charge is 0.407 e. The van der Waals surface area contributed by atoms with Crippen LogP contribution < -0.4 is 5.32 Å². The van der Waals surface area contributed by atoms with Crippen molar-refractivity contribution in [1.29, 1.82) is 0 Å². The lowest BCUT2D eigenvalue weighted by molar-refractivity contribution is -0.150. The van der Waals surface area contributed by atoms with Gasteiger partial charge in [-0.15, -0.1) is 0 Å². The number of hydrogen-bond acceptors (Lipinski definition) is 3. The number of amides is 1. The lowest BCUT2D eigenvalue weighted by Gasteiger charge is -2.31. The van der Waals surface area contributed by atoms with Crippen molar-refractivity contribution in [1.82, 2.24) is 5.32 Å². The van der Waals surface area contributed by atoms with Gasteiger partial charge in [0.2, 0.25) is 0 Å². The second kappa shape index (κ2) is 8.20. The zero-order valence-corrected chi connectivity index (χ0v) is 13.7. The van der Waals surface area contributed by atoms with Crippen molar-refractivity contribution in [2.75, 3.05) is 13.2 Å². The Hall–Kier alpha value is -1.33. The van der Waals surface area contributed by atoms with Crippen molar-refractivity contribution in [3.63, 3.8) is 0 Å². The monoisotopic (exact) mass is 305 g/mol. The maximum atomic E-state index is 12.4. The Morgan fingerprint density at radius 3 is 2.24 bits per heavy atom. The second-order valence-electron chi connectivity index (χ2n) is 6.83. The van der Waals surface area contributed by atoms with Gasteiger partial charge in [0.25, 0.3) is 0 Å². The van der Waals surface area contributed by atoms with Gasteiger partial charge in [0, 0.05) is 6.54 Å². The number of ether oxygens (including phenoxy) is 1. The molecule has 0 saturated heterocycles. The van der Waals surface area contributed by atoms with E-state index in [1.165, 1.54) is 0 Å². The molecule has 124 valence electrons. The first-order valence-corrected chi connectivity index (χ1v) is 7.28. The molecule has 5 nitrogen and oxygen atoms in total. The fraction of sp³-hybridized carbons (Fsp3) is 0.867. The molecular formula is C15H28FNO4. The van der Waals surface area contributed by atoms with Gasteiger partial charge in [-0.1, -0.05) is 13.8 Å². The summed E-state index contributed by atoms with van der Waals surface area (Å²) in [6.07, 6.45) is 0.0667. The van der Waals surface area contributed by atoms with Crippen LogP contribution in [0.1, 0.15) is 53.9 Å². The number of hydrogen-bond donors (Lipinski definition) is 2. The SMILES string of the molecule is CC(C)CC(CCCF)(CNC(=O)OC(C)(C)C)C(=O)O. The molecule has 0 saturated carbocycles. The molecule has 1 unspecified atom stereocenters. The predicted molar refractivity (Wildman–Crippen MR) is 79.0 cm³/mol. The maximum Gasteiger partial charge on any atom is 0.407 e. The number of rotatable bonds is 8. The summed E-state index contributed by atoms with van der Waals surface area (Å²) in [6, 6.07) is 0. The van der Waals surface area contributed by atoms with Gasteiger partial charge in [0.15, 0.2) is 0 Å². The Morgan fingerprint density at radius 1 is 1.29 bits per heavy atom. The van der Waals surface area contributed by atoms with E-state index in [-0.39, 0.29) is 25.3 Å². The summed E-state index contributed by atoms with van der Waals surface area (Å²) in [5.74, 6) is -0.887. The number of aliphatic carboxylic acids is 1. The number of carboxylic acids is 1. The van der Waals surface area contributed by atoms with Crippen LogP contribution in [-0.2, 0) is 9.53 Å². The van der Waals surface area contributed by atoms with Crippen molar-refractivity contribution >= 4 is 12.1 Å². The van der Waals surface area contributed by atoms with E-state index in [9.17, 15) is 19.1 Å². The summed E-state index contributed by atoms with van der Waals surface area (Å²) in [6.45, 7) is 8.37. The third-order valence-corrected chi connectivity index (χ3v) is 3.01. The molecule has 0 spiro atoms. The molecule has 1 atom stereocenters. The Morgan fingerprint density at radius 2 is 1.86 bits per heavy atom. The largest absolute Gasteiger partial charge is 0.481 e. The van der Waals surface area contributed by atoms with E-state index in [0.29, 0.717) is 6.42 Å². The topological polar surface area (TPSA) is 75.6 Å². The highest BCUT2D eigenvalue weighted by molar-refractivity contribution is 5.76. The fourth-order valence-corrected chi connectivity index (χ4v) is 2.27. The van der Waals surface area contributed by atoms with Crippen LogP contribution in [0, 0.1) is 11.3 Å². The van der Waals surface area contributed by atoms with Gasteiger partial charge in [-0.2, -0.15) is 0 Å². The van der Waals surface area contributed by atoms with Crippen molar-refractivity contribution in [3.8, 4) is 0 Å². The van der Waals surface area contributed by atoms with Crippen molar-refractivity contribution in [2.24, 2.45) is 11.3 Å². The lowest BCUT2D eigenvalue weighted by atomic mass is 9.76. The van der Waals surface area contributed by atoms with E-state index in [1.54, 1.807) is 20.8 Å². The molecule has 1 amide bonds. The van der Waals surface area contributed by atoms with Crippen LogP contribution in [0.2, 0.25) is 0 Å². The molecule has 0 fully saturated rings. The first kappa shape index (κ1) is 19.7. The van der Waals surface area contributed by atoms with Gasteiger partial charge >= 0.3 is 12.1 Å². The molecule has 0 aliphatic heterocycles. The van der Waals surface area contributed by atoms with Crippen LogP contribution in [-0.4, -0.2) is 36.0 Å². The van der Waals surface area contributed by atoms with Gasteiger partial charge < -0.3 is 15.2 Å². The molecule has 0 heterocycles. The number of alkyl halides is 1. The van der Waals surface area contributed by atoms with E-state index in [0.717, 1.165) is 0 Å². The predicted octanol–water partition coefficient (Wildman–Crippen LogP) is 3.38. The highest BCUT2D eigenvalue weighted by atomic mass is 19.1. The van der Waals surface area contributed by atoms with Crippen LogP contribution in [0.15, 0.2) is 0 Å². The van der Waals surface area contributed by atoms with Crippen LogP contribution in [0.25, 0.3) is 0 Å². The Bertz CT molecular complexity index is 352. The minimum absolute atomic E-state index is 0.0601. The van der Waals surface area contributed by atoms with Crippen LogP contribution in [0.5, 0.6) is 0 Å². The summed E-state index contributed by atoms with van der Waals surface area (Å²) in [7, 11) is 0. The number of alkyl carbamates (subject to hydrolysis) is 1. The Kier molecular flexibility index (Phi) is 7.68. The molecule has 21 heavy (non-hydrogen) atoms. The number of halogens is 1. The standard InChI is InChI=1S/C15H28FNO4/c1-11(2)9-15(12(18)19,7-6-8-16)10-17-13(20)21-14(3,4)5/h11H,6-10H2,1-5H3,(H,17,20)(H,18,19). The first-order valence-electron chi connectivity index (χ1n) is 7.28. The van der Waals surface area contributed by atoms with E-state index >= 15 is 0 Å². The molecule has 0 aliphatic carbocycles. The molecule has 0 rings (SSSR count). The zero-order chi connectivity index (χ0) is 16.7. The molecule has 0 aliphatic rings. The van der Waals surface area contributed by atoms with Gasteiger partial charge in [-0.3, -0.25) is 9.18 Å². The van der Waals surface area contributed by atoms with Crippen molar-refractivity contribution in [2.45, 2.75) is 59.5 Å². The fourth-order valence-electron chi connectivity index (χ4n) is 2.27. The van der Waals surface area contributed by atoms with Gasteiger partial charge in [0.1, 0.15) is 5.60 Å². The maximum absolute atomic E-state index is 12.4. The first-order chi connectivity index (χ1) is 9.52. The zero-order valence-electron chi connectivity index (χ0n) is 13.7. The Labute approximate surface area is 126 Å². The van der Waals surface area contributed by atoms with E-state index < -0.39 is 29.8 Å². The van der Waals surface area contributed by atoms with Gasteiger partial charge in [0.05, 0.1) is 12.1 Å². The number of carbonyl (C=O) groups is 2. The van der Waals surface area contributed by atoms with Crippen LogP contribution >= 0.6 is 0 Å². The van der Waals surface area contributed by atoms with Gasteiger partial charge in [-0.25, -0.2) is 4.79 Å². The summed E-state index contributed by atoms with van der Waals surface area (Å²) in [5.41, 5.74) is -1.80. The third-order valence-electron chi connectivity index (χ3n) is 3.01. The van der Waals surface area contributed by atoms with Crippen molar-refractivity contribution < 1.29 is 23.8 Å². The molecule has 6 heteroatoms. The quantitative estimate of drug-likeness (QED) is 0.721. The minimum Gasteiger partial charge on any atom is -0.481 e. The molecule has 0 aromatic rings. The van der Waals surface area contributed by atoms with Crippen LogP contribution in [0.3, 0.4) is 0 Å². The Balaban J connectivity index is 4.87. The molecule has 0 aromatic heterocycles. The number of carboxylic acid groups (broad SMARTS) is 1. The second-order valence-corrected chi connectivity index (χ2v) is 6.83. The minimum atomic E-state index is -1.16. The molecular weight excluding hydrogens is 277 g/mol. The molecule has 0 bridgehead atoms. The summed E-state index contributed by atoms with van der Waals surface area (Å²) >= 11 is 0. The third kappa shape index (κ3) is 7.87. The van der Waals surface area contributed by atoms with Crippen molar-refractivity contribution in [3.05, 3.63) is 0 Å². The van der Waals surface area contributed by atoms with E-state index in [2.05, 4.69) is 5.32 Å². The highest BCUT2D eigenvalue weighted by Crippen LogP contribution is 2.32. The summed E-state index contributed by atoms with van der Waals surface area (Å²) < 4.78 is 17.5. The highest BCUT2D eigenvalue weighted by Gasteiger charge is 2.39. The average molecular weight is 305 g/mol. The average Bonchev–Trinajstić information content (AvgIpc) is 2.29. The van der Waals surface area contributed by atoms with Gasteiger partial charge in [-0.05, 0) is 46.0 Å². The van der Waals surface area contributed by atoms with E-state index in [4.69, 9.17) is 4.74 Å². The van der Waals surface area contributed by atoms with Crippen LogP contribution in [0.4, 0.5) is 9.18 Å².